The number of carbonyl (C=O) groups is 3. The van der Waals surface area contributed by atoms with Crippen LogP contribution in [0.15, 0.2) is 15.9 Å². The highest BCUT2D eigenvalue weighted by molar-refractivity contribution is 9.11. The Hall–Kier alpha value is -1.41. The zero-order valence-electron chi connectivity index (χ0n) is 12.0. The van der Waals surface area contributed by atoms with E-state index in [9.17, 15) is 14.4 Å². The van der Waals surface area contributed by atoms with E-state index in [1.54, 1.807) is 19.2 Å². The van der Waals surface area contributed by atoms with Gasteiger partial charge in [0, 0.05) is 13.1 Å². The van der Waals surface area contributed by atoms with Crippen molar-refractivity contribution in [2.45, 2.75) is 25.3 Å². The molecule has 2 rings (SSSR count). The van der Waals surface area contributed by atoms with Crippen LogP contribution in [0.5, 0.6) is 0 Å². The Morgan fingerprint density at radius 1 is 1.41 bits per heavy atom. The molecule has 120 valence electrons. The summed E-state index contributed by atoms with van der Waals surface area (Å²) in [4.78, 5) is 36.9. The maximum Gasteiger partial charge on any atom is 0.306 e. The number of thiophene rings is 1. The van der Waals surface area contributed by atoms with Crippen LogP contribution in [0.3, 0.4) is 0 Å². The van der Waals surface area contributed by atoms with Gasteiger partial charge >= 0.3 is 5.97 Å². The van der Waals surface area contributed by atoms with Gasteiger partial charge in [-0.15, -0.1) is 11.3 Å². The molecule has 0 radical (unpaired) electrons. The minimum Gasteiger partial charge on any atom is -0.481 e. The van der Waals surface area contributed by atoms with Crippen LogP contribution in [0.25, 0.3) is 0 Å². The Balaban J connectivity index is 1.82. The maximum absolute atomic E-state index is 12.1. The molecule has 1 saturated carbocycles. The van der Waals surface area contributed by atoms with Gasteiger partial charge < -0.3 is 15.3 Å². The van der Waals surface area contributed by atoms with Crippen LogP contribution in [0.4, 0.5) is 0 Å². The second-order valence-electron chi connectivity index (χ2n) is 5.38. The van der Waals surface area contributed by atoms with Crippen LogP contribution in [0.2, 0.25) is 0 Å². The summed E-state index contributed by atoms with van der Waals surface area (Å²) in [5, 5.41) is 11.7. The van der Waals surface area contributed by atoms with Crippen LogP contribution in [-0.4, -0.2) is 47.4 Å². The molecule has 2 N–H and O–H groups in total. The number of halogens is 1. The molecule has 2 atom stereocenters. The molecule has 1 aromatic rings. The molecule has 0 saturated heterocycles. The monoisotopic (exact) mass is 388 g/mol. The molecule has 22 heavy (non-hydrogen) atoms. The fraction of sp³-hybridized carbons (Fsp3) is 0.500. The van der Waals surface area contributed by atoms with Crippen LogP contribution in [-0.2, 0) is 9.59 Å². The molecule has 6 nitrogen and oxygen atoms in total. The third-order valence-corrected chi connectivity index (χ3v) is 5.27. The minimum absolute atomic E-state index is 0.0391. The van der Waals surface area contributed by atoms with Crippen LogP contribution < -0.4 is 5.32 Å². The van der Waals surface area contributed by atoms with Crippen molar-refractivity contribution in [2.75, 3.05) is 13.6 Å². The van der Waals surface area contributed by atoms with Crippen LogP contribution in [0, 0.1) is 5.92 Å². The summed E-state index contributed by atoms with van der Waals surface area (Å²) < 4.78 is 0.861. The summed E-state index contributed by atoms with van der Waals surface area (Å²) >= 11 is 4.61. The zero-order valence-corrected chi connectivity index (χ0v) is 14.4. The average Bonchev–Trinajstić information content (AvgIpc) is 3.06. The Morgan fingerprint density at radius 2 is 2.14 bits per heavy atom. The molecule has 1 aliphatic carbocycles. The van der Waals surface area contributed by atoms with Crippen molar-refractivity contribution in [1.82, 2.24) is 10.2 Å². The van der Waals surface area contributed by atoms with Crippen molar-refractivity contribution >= 4 is 45.1 Å². The van der Waals surface area contributed by atoms with Crippen molar-refractivity contribution in [3.63, 3.8) is 0 Å². The number of rotatable bonds is 5. The summed E-state index contributed by atoms with van der Waals surface area (Å²) in [6, 6.07) is 3.38. The van der Waals surface area contributed by atoms with E-state index in [2.05, 4.69) is 21.2 Å². The third kappa shape index (κ3) is 4.30. The van der Waals surface area contributed by atoms with E-state index in [0.717, 1.165) is 3.79 Å². The van der Waals surface area contributed by atoms with Gasteiger partial charge in [0.2, 0.25) is 5.91 Å². The van der Waals surface area contributed by atoms with Gasteiger partial charge in [-0.2, -0.15) is 0 Å². The number of carboxylic acid groups (broad SMARTS) is 1. The van der Waals surface area contributed by atoms with E-state index in [1.165, 1.54) is 16.2 Å². The predicted molar refractivity (Wildman–Crippen MR) is 85.9 cm³/mol. The van der Waals surface area contributed by atoms with E-state index < -0.39 is 5.97 Å². The molecular formula is C14H17BrN2O4S. The number of amides is 2. The number of likely N-dealkylation sites (N-methyl/N-ethyl adjacent to an activating group) is 1. The van der Waals surface area contributed by atoms with Crippen molar-refractivity contribution < 1.29 is 19.5 Å². The number of carboxylic acids is 1. The summed E-state index contributed by atoms with van der Waals surface area (Å²) in [6.07, 6.45) is 1.70. The Morgan fingerprint density at radius 3 is 2.68 bits per heavy atom. The highest BCUT2D eigenvalue weighted by Crippen LogP contribution is 2.26. The van der Waals surface area contributed by atoms with E-state index >= 15 is 0 Å². The van der Waals surface area contributed by atoms with Gasteiger partial charge in [0.25, 0.3) is 5.91 Å². The Bertz CT molecular complexity index is 589. The minimum atomic E-state index is -0.813. The molecule has 1 aliphatic rings. The summed E-state index contributed by atoms with van der Waals surface area (Å²) in [7, 11) is 1.57. The molecule has 8 heteroatoms. The van der Waals surface area contributed by atoms with Crippen LogP contribution >= 0.6 is 27.3 Å². The lowest BCUT2D eigenvalue weighted by atomic mass is 10.1. The van der Waals surface area contributed by atoms with E-state index in [0.29, 0.717) is 24.1 Å². The second-order valence-corrected chi connectivity index (χ2v) is 7.84. The molecule has 0 aromatic carbocycles. The van der Waals surface area contributed by atoms with Gasteiger partial charge in [0.05, 0.1) is 21.1 Å². The summed E-state index contributed by atoms with van der Waals surface area (Å²) in [6.45, 7) is -0.0391. The van der Waals surface area contributed by atoms with Crippen molar-refractivity contribution in [1.29, 1.82) is 0 Å². The quantitative estimate of drug-likeness (QED) is 0.806. The number of nitrogens with one attached hydrogen (secondary N) is 1. The number of carbonyl (C=O) groups excluding carboxylic acids is 2. The van der Waals surface area contributed by atoms with Crippen molar-refractivity contribution in [3.05, 3.63) is 20.8 Å². The van der Waals surface area contributed by atoms with Crippen molar-refractivity contribution in [3.8, 4) is 0 Å². The Labute approximate surface area is 140 Å². The maximum atomic E-state index is 12.1. The fourth-order valence-corrected chi connectivity index (χ4v) is 3.90. The summed E-state index contributed by atoms with van der Waals surface area (Å²) in [5.41, 5.74) is 0. The topological polar surface area (TPSA) is 86.7 Å². The first-order valence-corrected chi connectivity index (χ1v) is 8.50. The van der Waals surface area contributed by atoms with Crippen LogP contribution in [0.1, 0.15) is 28.9 Å². The molecule has 1 aromatic heterocycles. The van der Waals surface area contributed by atoms with Gasteiger partial charge in [-0.25, -0.2) is 0 Å². The first kappa shape index (κ1) is 17.0. The predicted octanol–water partition coefficient (Wildman–Crippen LogP) is 1.95. The molecule has 0 aliphatic heterocycles. The van der Waals surface area contributed by atoms with Gasteiger partial charge in [0.1, 0.15) is 0 Å². The number of aliphatic carboxylic acids is 1. The van der Waals surface area contributed by atoms with E-state index in [4.69, 9.17) is 5.11 Å². The first-order chi connectivity index (χ1) is 10.4. The largest absolute Gasteiger partial charge is 0.481 e. The van der Waals surface area contributed by atoms with E-state index in [-0.39, 0.29) is 30.3 Å². The molecule has 0 unspecified atom stereocenters. The Kier molecular flexibility index (Phi) is 5.57. The standard InChI is InChI=1S/C14H17BrN2O4S/c1-17(13(19)10-4-5-11(15)22-10)7-12(18)16-9-3-2-8(6-9)14(20)21/h4-5,8-9H,2-3,6-7H2,1H3,(H,16,18)(H,20,21)/t8-,9+/m0/s1. The van der Waals surface area contributed by atoms with Gasteiger partial charge in [0.15, 0.2) is 0 Å². The smallest absolute Gasteiger partial charge is 0.306 e. The SMILES string of the molecule is CN(CC(=O)N[C@@H]1CC[C@H](C(=O)O)C1)C(=O)c1ccc(Br)s1. The molecule has 1 heterocycles. The molecule has 0 spiro atoms. The lowest BCUT2D eigenvalue weighted by Gasteiger charge is -2.18. The molecule has 1 fully saturated rings. The highest BCUT2D eigenvalue weighted by Gasteiger charge is 2.30. The van der Waals surface area contributed by atoms with Gasteiger partial charge in [-0.05, 0) is 47.3 Å². The normalized spacial score (nSPS) is 20.6. The van der Waals surface area contributed by atoms with Crippen molar-refractivity contribution in [2.24, 2.45) is 5.92 Å². The van der Waals surface area contributed by atoms with Gasteiger partial charge in [-0.1, -0.05) is 0 Å². The third-order valence-electron chi connectivity index (χ3n) is 3.66. The second kappa shape index (κ2) is 7.23. The molecule has 0 bridgehead atoms. The number of hydrogen-bond donors (Lipinski definition) is 2. The lowest BCUT2D eigenvalue weighted by molar-refractivity contribution is -0.141. The average molecular weight is 389 g/mol. The van der Waals surface area contributed by atoms with Gasteiger partial charge in [-0.3, -0.25) is 14.4 Å². The highest BCUT2D eigenvalue weighted by atomic mass is 79.9. The number of hydrogen-bond acceptors (Lipinski definition) is 4. The first-order valence-electron chi connectivity index (χ1n) is 6.89. The number of nitrogens with zero attached hydrogens (tertiary/aromatic N) is 1. The zero-order chi connectivity index (χ0) is 16.3. The van der Waals surface area contributed by atoms with E-state index in [1.807, 2.05) is 0 Å². The summed E-state index contributed by atoms with van der Waals surface area (Å²) in [5.74, 6) is -1.66. The molecular weight excluding hydrogens is 372 g/mol. The lowest BCUT2D eigenvalue weighted by Crippen LogP contribution is -2.42. The fourth-order valence-electron chi connectivity index (χ4n) is 2.51. The molecule has 2 amide bonds.